The van der Waals surface area contributed by atoms with Crippen molar-refractivity contribution >= 4 is 0 Å². The van der Waals surface area contributed by atoms with Crippen LogP contribution in [0.5, 0.6) is 23.0 Å². The average molecular weight is 530 g/mol. The molecule has 0 unspecified atom stereocenters. The Balaban J connectivity index is 1.21. The van der Waals surface area contributed by atoms with E-state index in [-0.39, 0.29) is 18.2 Å². The number of aryl methyl sites for hydroxylation is 1. The summed E-state index contributed by atoms with van der Waals surface area (Å²) in [5.41, 5.74) is 3.98. The third kappa shape index (κ3) is 3.62. The normalized spacial score (nSPS) is 34.2. The minimum Gasteiger partial charge on any atom is -0.497 e. The van der Waals surface area contributed by atoms with E-state index in [1.165, 1.54) is 23.1 Å². The van der Waals surface area contributed by atoms with E-state index in [4.69, 9.17) is 18.9 Å². The molecule has 7 rings (SSSR count). The van der Waals surface area contributed by atoms with Crippen LogP contribution in [-0.4, -0.2) is 50.2 Å². The molecule has 0 amide bonds. The lowest BCUT2D eigenvalue weighted by molar-refractivity contribution is -0.0649. The zero-order valence-corrected chi connectivity index (χ0v) is 23.5. The van der Waals surface area contributed by atoms with Crippen LogP contribution in [0.2, 0.25) is 0 Å². The van der Waals surface area contributed by atoms with Crippen LogP contribution in [0.1, 0.15) is 73.2 Å². The monoisotopic (exact) mass is 529 g/mol. The number of hydrogen-bond donors (Lipinski definition) is 1. The van der Waals surface area contributed by atoms with Crippen molar-refractivity contribution in [2.24, 2.45) is 17.3 Å². The molecule has 2 aromatic carbocycles. The van der Waals surface area contributed by atoms with Crippen LogP contribution in [0.3, 0.4) is 0 Å². The van der Waals surface area contributed by atoms with Crippen LogP contribution < -0.4 is 18.9 Å². The predicted molar refractivity (Wildman–Crippen MR) is 149 cm³/mol. The van der Waals surface area contributed by atoms with E-state index in [2.05, 4.69) is 55.0 Å². The maximum atomic E-state index is 12.3. The summed E-state index contributed by atoms with van der Waals surface area (Å²) in [6.45, 7) is 3.41. The molecule has 6 atom stereocenters. The van der Waals surface area contributed by atoms with E-state index < -0.39 is 5.60 Å². The second-order valence-electron chi connectivity index (χ2n) is 12.5. The highest BCUT2D eigenvalue weighted by Gasteiger charge is 2.61. The molecular formula is C33H39NO5. The van der Waals surface area contributed by atoms with Gasteiger partial charge in [0.2, 0.25) is 12.5 Å². The van der Waals surface area contributed by atoms with E-state index in [1.54, 1.807) is 14.2 Å². The van der Waals surface area contributed by atoms with E-state index in [9.17, 15) is 5.11 Å². The largest absolute Gasteiger partial charge is 0.497 e. The van der Waals surface area contributed by atoms with Gasteiger partial charge in [0, 0.05) is 17.5 Å². The third-order valence-electron chi connectivity index (χ3n) is 10.9. The lowest BCUT2D eigenvalue weighted by Gasteiger charge is -2.52. The number of benzene rings is 2. The van der Waals surface area contributed by atoms with Crippen LogP contribution in [0.4, 0.5) is 0 Å². The summed E-state index contributed by atoms with van der Waals surface area (Å²) in [7, 11) is 5.53. The molecule has 2 heterocycles. The van der Waals surface area contributed by atoms with Crippen molar-refractivity contribution in [1.29, 1.82) is 0 Å². The molecule has 6 nitrogen and oxygen atoms in total. The van der Waals surface area contributed by atoms with E-state index in [1.807, 2.05) is 0 Å². The van der Waals surface area contributed by atoms with Crippen molar-refractivity contribution in [2.75, 3.05) is 34.6 Å². The highest BCUT2D eigenvalue weighted by atomic mass is 16.7. The molecule has 3 aliphatic carbocycles. The number of nitrogens with zero attached hydrogens (tertiary/aromatic N) is 1. The lowest BCUT2D eigenvalue weighted by atomic mass is 9.53. The topological polar surface area (TPSA) is 60.4 Å². The number of fused-ring (bicyclic) bond motifs is 7. The van der Waals surface area contributed by atoms with Crippen molar-refractivity contribution in [3.63, 3.8) is 0 Å². The maximum absolute atomic E-state index is 12.3. The first-order valence-electron chi connectivity index (χ1n) is 14.5. The zero-order valence-electron chi connectivity index (χ0n) is 23.5. The Morgan fingerprint density at radius 3 is 2.72 bits per heavy atom. The Morgan fingerprint density at radius 1 is 1.03 bits per heavy atom. The van der Waals surface area contributed by atoms with Gasteiger partial charge in [0.25, 0.3) is 0 Å². The summed E-state index contributed by atoms with van der Waals surface area (Å²) in [6.07, 6.45) is 7.03. The fourth-order valence-electron chi connectivity index (χ4n) is 8.71. The number of methoxy groups -OCH3 is 2. The van der Waals surface area contributed by atoms with Crippen LogP contribution in [0, 0.1) is 29.1 Å². The Labute approximate surface area is 231 Å². The molecule has 2 saturated carbocycles. The minimum absolute atomic E-state index is 0.169. The van der Waals surface area contributed by atoms with Gasteiger partial charge in [0.05, 0.1) is 14.2 Å². The smallest absolute Gasteiger partial charge is 0.231 e. The van der Waals surface area contributed by atoms with E-state index in [0.29, 0.717) is 29.3 Å². The van der Waals surface area contributed by atoms with Crippen molar-refractivity contribution in [3.8, 4) is 34.8 Å². The SMILES string of the molecule is COc1ccc2c(c1)CC[C@@H]1[C@@H]2CC[C@@]2(C)[C@@H]1CC[C@@]2(O)C#C[C@@H]1c2c(cc3c(c2OC)OCO3)CCN1C. The summed E-state index contributed by atoms with van der Waals surface area (Å²) < 4.78 is 22.8. The minimum atomic E-state index is -0.995. The van der Waals surface area contributed by atoms with Crippen molar-refractivity contribution in [1.82, 2.24) is 4.90 Å². The quantitative estimate of drug-likeness (QED) is 0.536. The second-order valence-corrected chi connectivity index (χ2v) is 12.5. The van der Waals surface area contributed by atoms with E-state index in [0.717, 1.165) is 62.1 Å². The first kappa shape index (κ1) is 25.1. The summed E-state index contributed by atoms with van der Waals surface area (Å²) in [6, 6.07) is 8.56. The van der Waals surface area contributed by atoms with Gasteiger partial charge in [-0.3, -0.25) is 4.90 Å². The first-order valence-corrected chi connectivity index (χ1v) is 14.5. The summed E-state index contributed by atoms with van der Waals surface area (Å²) in [5, 5.41) is 12.3. The predicted octanol–water partition coefficient (Wildman–Crippen LogP) is 5.25. The molecule has 0 radical (unpaired) electrons. The van der Waals surface area contributed by atoms with Gasteiger partial charge in [-0.25, -0.2) is 0 Å². The molecule has 0 bridgehead atoms. The zero-order chi connectivity index (χ0) is 26.9. The van der Waals surface area contributed by atoms with Gasteiger partial charge in [-0.15, -0.1) is 0 Å². The molecule has 5 aliphatic rings. The van der Waals surface area contributed by atoms with Crippen molar-refractivity contribution in [2.45, 2.75) is 69.4 Å². The van der Waals surface area contributed by atoms with Gasteiger partial charge in [-0.2, -0.15) is 0 Å². The van der Waals surface area contributed by atoms with Crippen LogP contribution in [-0.2, 0) is 12.8 Å². The van der Waals surface area contributed by atoms with Crippen molar-refractivity contribution in [3.05, 3.63) is 46.5 Å². The molecule has 2 fully saturated rings. The lowest BCUT2D eigenvalue weighted by Crippen LogP contribution is -2.50. The Kier molecular flexibility index (Phi) is 5.84. The molecule has 2 aromatic rings. The summed E-state index contributed by atoms with van der Waals surface area (Å²) in [5.74, 6) is 11.8. The molecule has 0 spiro atoms. The molecule has 206 valence electrons. The maximum Gasteiger partial charge on any atom is 0.231 e. The summed E-state index contributed by atoms with van der Waals surface area (Å²) >= 11 is 0. The van der Waals surface area contributed by atoms with Crippen LogP contribution >= 0.6 is 0 Å². The third-order valence-corrected chi connectivity index (χ3v) is 10.9. The van der Waals surface area contributed by atoms with Gasteiger partial charge >= 0.3 is 0 Å². The number of hydrogen-bond acceptors (Lipinski definition) is 6. The number of aliphatic hydroxyl groups is 1. The molecule has 2 aliphatic heterocycles. The highest BCUT2D eigenvalue weighted by molar-refractivity contribution is 5.63. The number of ether oxygens (including phenoxy) is 4. The highest BCUT2D eigenvalue weighted by Crippen LogP contribution is 2.64. The Morgan fingerprint density at radius 2 is 1.90 bits per heavy atom. The van der Waals surface area contributed by atoms with Gasteiger partial charge < -0.3 is 24.1 Å². The fraction of sp³-hybridized carbons (Fsp3) is 0.576. The standard InChI is InChI=1S/C33H39NO5/c1-32-13-9-24-23-8-6-22(36-3)17-20(23)5-7-25(24)26(32)10-14-33(32,35)15-11-27-29-21(12-16-34(27)2)18-28-30(31(29)37-4)39-19-38-28/h6,8,17-18,24-27,35H,5,7,9-10,12-14,16,19H2,1-4H3/t24-,25-,26-,27-,32+,33-/m1/s1. The first-order chi connectivity index (χ1) is 18.9. The van der Waals surface area contributed by atoms with Gasteiger partial charge in [-0.05, 0) is 105 Å². The van der Waals surface area contributed by atoms with Gasteiger partial charge in [0.1, 0.15) is 17.4 Å². The Hall–Kier alpha value is -2.88. The van der Waals surface area contributed by atoms with Crippen LogP contribution in [0.15, 0.2) is 24.3 Å². The van der Waals surface area contributed by atoms with E-state index >= 15 is 0 Å². The van der Waals surface area contributed by atoms with Crippen LogP contribution in [0.25, 0.3) is 0 Å². The molecular weight excluding hydrogens is 490 g/mol. The van der Waals surface area contributed by atoms with Gasteiger partial charge in [-0.1, -0.05) is 24.8 Å². The molecule has 1 N–H and O–H groups in total. The van der Waals surface area contributed by atoms with Crippen molar-refractivity contribution < 1.29 is 24.1 Å². The second kappa shape index (κ2) is 9.08. The van der Waals surface area contributed by atoms with Gasteiger partial charge in [0.15, 0.2) is 11.5 Å². The summed E-state index contributed by atoms with van der Waals surface area (Å²) in [4.78, 5) is 2.27. The fourth-order valence-corrected chi connectivity index (χ4v) is 8.71. The molecule has 39 heavy (non-hydrogen) atoms. The number of rotatable bonds is 2. The molecule has 0 saturated heterocycles. The average Bonchev–Trinajstić information content (AvgIpc) is 3.52. The number of likely N-dealkylation sites (N-methyl/N-ethyl adjacent to an activating group) is 1. The molecule has 6 heteroatoms. The Bertz CT molecular complexity index is 1380. The molecule has 0 aromatic heterocycles.